The highest BCUT2D eigenvalue weighted by molar-refractivity contribution is 9.09. The third kappa shape index (κ3) is 3.38. The molecule has 6 heteroatoms. The molecule has 84 valence electrons. The summed E-state index contributed by atoms with van der Waals surface area (Å²) in [5, 5.41) is 19.5. The lowest BCUT2D eigenvalue weighted by Gasteiger charge is -2.16. The van der Waals surface area contributed by atoms with E-state index in [4.69, 9.17) is 11.6 Å². The average molecular weight is 299 g/mol. The van der Waals surface area contributed by atoms with Gasteiger partial charge in [0.05, 0.1) is 11.1 Å². The molecule has 0 aliphatic carbocycles. The van der Waals surface area contributed by atoms with Crippen LogP contribution >= 0.6 is 27.5 Å². The fourth-order valence-corrected chi connectivity index (χ4v) is 1.73. The summed E-state index contributed by atoms with van der Waals surface area (Å²) >= 11 is 8.64. The van der Waals surface area contributed by atoms with Gasteiger partial charge in [-0.05, 0) is 12.5 Å². The molecule has 15 heavy (non-hydrogen) atoms. The Labute approximate surface area is 100 Å². The van der Waals surface area contributed by atoms with Crippen molar-refractivity contribution < 1.29 is 14.6 Å². The second-order valence-corrected chi connectivity index (χ2v) is 4.23. The molecule has 0 saturated carbocycles. The molecule has 3 nitrogen and oxygen atoms in total. The molecule has 0 radical (unpaired) electrons. The molecule has 1 aromatic heterocycles. The van der Waals surface area contributed by atoms with Crippen molar-refractivity contribution in [3.63, 3.8) is 0 Å². The number of aromatic nitrogens is 1. The summed E-state index contributed by atoms with van der Waals surface area (Å²) in [6.45, 7) is 0. The van der Waals surface area contributed by atoms with E-state index >= 15 is 0 Å². The van der Waals surface area contributed by atoms with Crippen LogP contribution in [0, 0.1) is 5.95 Å². The van der Waals surface area contributed by atoms with Crippen LogP contribution in [-0.2, 0) is 0 Å². The van der Waals surface area contributed by atoms with Crippen LogP contribution in [0.3, 0.4) is 0 Å². The van der Waals surface area contributed by atoms with E-state index in [9.17, 15) is 14.6 Å². The van der Waals surface area contributed by atoms with Crippen LogP contribution in [0.25, 0.3) is 0 Å². The third-order valence-corrected chi connectivity index (χ3v) is 2.65. The van der Waals surface area contributed by atoms with Gasteiger partial charge in [0, 0.05) is 17.1 Å². The summed E-state index contributed by atoms with van der Waals surface area (Å²) in [6.07, 6.45) is -0.486. The van der Waals surface area contributed by atoms with Gasteiger partial charge in [-0.1, -0.05) is 27.5 Å². The number of pyridine rings is 1. The number of hydrogen-bond donors (Lipinski definition) is 2. The Hall–Kier alpha value is -0.230. The summed E-state index contributed by atoms with van der Waals surface area (Å²) in [7, 11) is 0. The van der Waals surface area contributed by atoms with Crippen molar-refractivity contribution in [2.45, 2.75) is 18.6 Å². The minimum atomic E-state index is -1.10. The zero-order valence-corrected chi connectivity index (χ0v) is 10.0. The molecule has 0 saturated heterocycles. The number of halogens is 3. The number of aliphatic hydroxyl groups is 2. The number of alkyl halides is 1. The van der Waals surface area contributed by atoms with Crippen molar-refractivity contribution in [3.05, 3.63) is 28.8 Å². The Kier molecular flexibility index (Phi) is 4.92. The molecule has 1 heterocycles. The van der Waals surface area contributed by atoms with Crippen LogP contribution in [0.2, 0.25) is 5.02 Å². The molecule has 1 rings (SSSR count). The van der Waals surface area contributed by atoms with Crippen molar-refractivity contribution in [1.29, 1.82) is 0 Å². The van der Waals surface area contributed by atoms with Gasteiger partial charge in [-0.25, -0.2) is 4.98 Å². The lowest BCUT2D eigenvalue weighted by atomic mass is 10.1. The fraction of sp³-hybridized carbons (Fsp3) is 0.444. The van der Waals surface area contributed by atoms with Gasteiger partial charge in [0.2, 0.25) is 5.95 Å². The van der Waals surface area contributed by atoms with Gasteiger partial charge in [-0.2, -0.15) is 4.39 Å². The monoisotopic (exact) mass is 297 g/mol. The zero-order chi connectivity index (χ0) is 11.4. The van der Waals surface area contributed by atoms with Gasteiger partial charge in [0.25, 0.3) is 0 Å². The average Bonchev–Trinajstić information content (AvgIpc) is 2.21. The molecule has 0 aromatic carbocycles. The molecule has 0 spiro atoms. The van der Waals surface area contributed by atoms with E-state index in [1.165, 1.54) is 6.07 Å². The quantitative estimate of drug-likeness (QED) is 0.661. The standard InChI is InChI=1S/C9H10BrClFNO2/c10-2-1-7(14)8(15)5-3-6(11)9(12)13-4-5/h3-4,7-8,14-15H,1-2H2. The van der Waals surface area contributed by atoms with E-state index in [0.29, 0.717) is 17.3 Å². The van der Waals surface area contributed by atoms with Crippen LogP contribution in [-0.4, -0.2) is 26.6 Å². The van der Waals surface area contributed by atoms with Crippen LogP contribution in [0.4, 0.5) is 4.39 Å². The van der Waals surface area contributed by atoms with E-state index in [1.54, 1.807) is 0 Å². The number of aliphatic hydroxyl groups excluding tert-OH is 2. The summed E-state index contributed by atoms with van der Waals surface area (Å²) in [5.41, 5.74) is 0.301. The summed E-state index contributed by atoms with van der Waals surface area (Å²) in [6, 6.07) is 1.26. The lowest BCUT2D eigenvalue weighted by Crippen LogP contribution is -2.18. The van der Waals surface area contributed by atoms with Gasteiger partial charge in [0.1, 0.15) is 6.10 Å². The first kappa shape index (κ1) is 12.8. The van der Waals surface area contributed by atoms with Gasteiger partial charge in [-0.15, -0.1) is 0 Å². The van der Waals surface area contributed by atoms with Gasteiger partial charge < -0.3 is 10.2 Å². The molecule has 0 bridgehead atoms. The first-order chi connectivity index (χ1) is 7.06. The van der Waals surface area contributed by atoms with Gasteiger partial charge >= 0.3 is 0 Å². The maximum atomic E-state index is 12.7. The van der Waals surface area contributed by atoms with Crippen LogP contribution < -0.4 is 0 Å². The van der Waals surface area contributed by atoms with E-state index in [-0.39, 0.29) is 5.02 Å². The Morgan fingerprint density at radius 3 is 2.73 bits per heavy atom. The van der Waals surface area contributed by atoms with Crippen molar-refractivity contribution in [2.24, 2.45) is 0 Å². The van der Waals surface area contributed by atoms with Gasteiger partial charge in [0.15, 0.2) is 0 Å². The number of nitrogens with zero attached hydrogens (tertiary/aromatic N) is 1. The first-order valence-electron chi connectivity index (χ1n) is 4.29. The first-order valence-corrected chi connectivity index (χ1v) is 5.79. The Morgan fingerprint density at radius 1 is 1.53 bits per heavy atom. The fourth-order valence-electron chi connectivity index (χ4n) is 1.09. The van der Waals surface area contributed by atoms with Crippen LogP contribution in [0.5, 0.6) is 0 Å². The predicted octanol–water partition coefficient (Wildman–Crippen LogP) is 2.05. The SMILES string of the molecule is OC(CCBr)C(O)c1cnc(F)c(Cl)c1. The molecular weight excluding hydrogens is 288 g/mol. The summed E-state index contributed by atoms with van der Waals surface area (Å²) in [5.74, 6) is -0.789. The topological polar surface area (TPSA) is 53.4 Å². The van der Waals surface area contributed by atoms with Crippen LogP contribution in [0.1, 0.15) is 18.1 Å². The van der Waals surface area contributed by atoms with E-state index in [2.05, 4.69) is 20.9 Å². The lowest BCUT2D eigenvalue weighted by molar-refractivity contribution is 0.0171. The van der Waals surface area contributed by atoms with Crippen LogP contribution in [0.15, 0.2) is 12.3 Å². The molecule has 2 N–H and O–H groups in total. The highest BCUT2D eigenvalue weighted by Crippen LogP contribution is 2.22. The normalized spacial score (nSPS) is 15.0. The molecule has 2 unspecified atom stereocenters. The largest absolute Gasteiger partial charge is 0.390 e. The third-order valence-electron chi connectivity index (χ3n) is 1.93. The van der Waals surface area contributed by atoms with Crippen molar-refractivity contribution >= 4 is 27.5 Å². The van der Waals surface area contributed by atoms with E-state index < -0.39 is 18.2 Å². The molecule has 0 aliphatic heterocycles. The molecule has 2 atom stereocenters. The van der Waals surface area contributed by atoms with Crippen molar-refractivity contribution in [1.82, 2.24) is 4.98 Å². The predicted molar refractivity (Wildman–Crippen MR) is 58.6 cm³/mol. The summed E-state index contributed by atoms with van der Waals surface area (Å²) < 4.78 is 12.7. The Bertz CT molecular complexity index is 340. The van der Waals surface area contributed by atoms with Gasteiger partial charge in [-0.3, -0.25) is 0 Å². The van der Waals surface area contributed by atoms with Crippen molar-refractivity contribution in [3.8, 4) is 0 Å². The second kappa shape index (κ2) is 5.75. The maximum absolute atomic E-state index is 12.7. The van der Waals surface area contributed by atoms with E-state index in [0.717, 1.165) is 6.20 Å². The molecule has 0 fully saturated rings. The molecule has 0 amide bonds. The molecular formula is C9H10BrClFNO2. The highest BCUT2D eigenvalue weighted by Gasteiger charge is 2.19. The second-order valence-electron chi connectivity index (χ2n) is 3.03. The molecule has 0 aliphatic rings. The van der Waals surface area contributed by atoms with E-state index in [1.807, 2.05) is 0 Å². The zero-order valence-electron chi connectivity index (χ0n) is 7.70. The maximum Gasteiger partial charge on any atom is 0.231 e. The number of hydrogen-bond acceptors (Lipinski definition) is 3. The highest BCUT2D eigenvalue weighted by atomic mass is 79.9. The Morgan fingerprint density at radius 2 is 2.20 bits per heavy atom. The number of rotatable bonds is 4. The minimum Gasteiger partial charge on any atom is -0.390 e. The smallest absolute Gasteiger partial charge is 0.231 e. The Balaban J connectivity index is 2.81. The van der Waals surface area contributed by atoms with Crippen molar-refractivity contribution in [2.75, 3.05) is 5.33 Å². The summed E-state index contributed by atoms with van der Waals surface area (Å²) in [4.78, 5) is 3.36. The minimum absolute atomic E-state index is 0.169. The molecule has 1 aromatic rings.